The second-order valence-corrected chi connectivity index (χ2v) is 6.03. The summed E-state index contributed by atoms with van der Waals surface area (Å²) in [5.41, 5.74) is 0.0258. The molecule has 1 N–H and O–H groups in total. The summed E-state index contributed by atoms with van der Waals surface area (Å²) in [7, 11) is 0. The highest BCUT2D eigenvalue weighted by atomic mass is 35.5. The van der Waals surface area contributed by atoms with Crippen LogP contribution in [0.4, 0.5) is 5.69 Å². The smallest absolute Gasteiger partial charge is 0.250 e. The molecule has 0 aliphatic rings. The van der Waals surface area contributed by atoms with Gasteiger partial charge in [0.1, 0.15) is 6.54 Å². The van der Waals surface area contributed by atoms with Crippen molar-refractivity contribution in [2.75, 3.05) is 18.4 Å². The predicted octanol–water partition coefficient (Wildman–Crippen LogP) is 2.64. The summed E-state index contributed by atoms with van der Waals surface area (Å²) >= 11 is 12.0. The normalized spacial score (nSPS) is 10.4. The van der Waals surface area contributed by atoms with Gasteiger partial charge in [0.25, 0.3) is 5.56 Å². The molecule has 0 aliphatic heterocycles. The Labute approximate surface area is 155 Å². The van der Waals surface area contributed by atoms with E-state index >= 15 is 0 Å². The van der Waals surface area contributed by atoms with Crippen molar-refractivity contribution in [1.82, 2.24) is 9.47 Å². The van der Waals surface area contributed by atoms with Gasteiger partial charge in [-0.3, -0.25) is 14.4 Å². The van der Waals surface area contributed by atoms with Crippen molar-refractivity contribution in [3.8, 4) is 0 Å². The molecule has 2 aromatic rings. The predicted molar refractivity (Wildman–Crippen MR) is 98.0 cm³/mol. The molecule has 0 aliphatic carbocycles. The Morgan fingerprint density at radius 3 is 2.40 bits per heavy atom. The fourth-order valence-corrected chi connectivity index (χ4v) is 2.67. The molecule has 0 atom stereocenters. The fraction of sp³-hybridized carbons (Fsp3) is 0.235. The van der Waals surface area contributed by atoms with Gasteiger partial charge >= 0.3 is 0 Å². The van der Waals surface area contributed by atoms with Gasteiger partial charge in [-0.2, -0.15) is 0 Å². The van der Waals surface area contributed by atoms with Crippen LogP contribution >= 0.6 is 23.2 Å². The lowest BCUT2D eigenvalue weighted by molar-refractivity contribution is -0.135. The summed E-state index contributed by atoms with van der Waals surface area (Å²) in [6, 6.07) is 9.51. The van der Waals surface area contributed by atoms with Crippen molar-refractivity contribution < 1.29 is 9.59 Å². The van der Waals surface area contributed by atoms with Crippen LogP contribution in [0.25, 0.3) is 0 Å². The minimum atomic E-state index is -0.425. The second-order valence-electron chi connectivity index (χ2n) is 5.22. The van der Waals surface area contributed by atoms with Gasteiger partial charge in [0.15, 0.2) is 0 Å². The van der Waals surface area contributed by atoms with E-state index in [-0.39, 0.29) is 24.6 Å². The molecule has 6 nitrogen and oxygen atoms in total. The Bertz CT molecular complexity index is 816. The Balaban J connectivity index is 2.03. The van der Waals surface area contributed by atoms with E-state index in [4.69, 9.17) is 23.2 Å². The number of hydrogen-bond acceptors (Lipinski definition) is 3. The van der Waals surface area contributed by atoms with Crippen LogP contribution in [-0.4, -0.2) is 34.4 Å². The molecule has 1 aromatic carbocycles. The topological polar surface area (TPSA) is 71.4 Å². The van der Waals surface area contributed by atoms with Gasteiger partial charge in [-0.15, -0.1) is 0 Å². The van der Waals surface area contributed by atoms with Crippen LogP contribution < -0.4 is 10.9 Å². The van der Waals surface area contributed by atoms with Crippen molar-refractivity contribution in [1.29, 1.82) is 0 Å². The molecule has 0 saturated heterocycles. The van der Waals surface area contributed by atoms with Crippen molar-refractivity contribution >= 4 is 40.7 Å². The van der Waals surface area contributed by atoms with E-state index in [1.165, 1.54) is 21.7 Å². The third-order valence-corrected chi connectivity index (χ3v) is 4.13. The van der Waals surface area contributed by atoms with Gasteiger partial charge in [-0.05, 0) is 25.1 Å². The number of hydrogen-bond donors (Lipinski definition) is 1. The second kappa shape index (κ2) is 8.69. The molecule has 0 saturated carbocycles. The zero-order valence-corrected chi connectivity index (χ0v) is 15.0. The summed E-state index contributed by atoms with van der Waals surface area (Å²) in [4.78, 5) is 37.6. The molecule has 132 valence electrons. The summed E-state index contributed by atoms with van der Waals surface area (Å²) in [6.07, 6.45) is 1.53. The lowest BCUT2D eigenvalue weighted by atomic mass is 10.3. The Morgan fingerprint density at radius 1 is 1.12 bits per heavy atom. The van der Waals surface area contributed by atoms with Gasteiger partial charge in [0, 0.05) is 18.8 Å². The monoisotopic (exact) mass is 381 g/mol. The van der Waals surface area contributed by atoms with Crippen LogP contribution in [-0.2, 0) is 16.1 Å². The first kappa shape index (κ1) is 19.0. The molecule has 0 unspecified atom stereocenters. The molecule has 1 heterocycles. The lowest BCUT2D eigenvalue weighted by Gasteiger charge is -2.21. The summed E-state index contributed by atoms with van der Waals surface area (Å²) in [5, 5.41) is 3.23. The maximum absolute atomic E-state index is 12.4. The van der Waals surface area contributed by atoms with E-state index < -0.39 is 5.91 Å². The van der Waals surface area contributed by atoms with Crippen molar-refractivity contribution in [2.45, 2.75) is 13.5 Å². The molecular weight excluding hydrogens is 365 g/mol. The molecule has 0 spiro atoms. The highest BCUT2D eigenvalue weighted by molar-refractivity contribution is 6.39. The summed E-state index contributed by atoms with van der Waals surface area (Å²) in [6.45, 7) is 1.78. The van der Waals surface area contributed by atoms with Crippen LogP contribution in [0.5, 0.6) is 0 Å². The van der Waals surface area contributed by atoms with E-state index in [0.29, 0.717) is 22.3 Å². The highest BCUT2D eigenvalue weighted by Gasteiger charge is 2.17. The first-order valence-electron chi connectivity index (χ1n) is 7.59. The Hall–Kier alpha value is -2.31. The Morgan fingerprint density at radius 2 is 1.80 bits per heavy atom. The molecule has 2 amide bonds. The molecule has 2 rings (SSSR count). The maximum Gasteiger partial charge on any atom is 0.250 e. The third-order valence-electron chi connectivity index (χ3n) is 3.50. The number of amides is 2. The average Bonchev–Trinajstić information content (AvgIpc) is 2.58. The number of pyridine rings is 1. The van der Waals surface area contributed by atoms with Crippen LogP contribution in [0.15, 0.2) is 47.4 Å². The molecular formula is C17H17Cl2N3O3. The minimum Gasteiger partial charge on any atom is -0.332 e. The summed E-state index contributed by atoms with van der Waals surface area (Å²) < 4.78 is 1.29. The summed E-state index contributed by atoms with van der Waals surface area (Å²) in [5.74, 6) is -0.762. The first-order valence-corrected chi connectivity index (χ1v) is 8.35. The average molecular weight is 382 g/mol. The quantitative estimate of drug-likeness (QED) is 0.835. The van der Waals surface area contributed by atoms with E-state index in [1.54, 1.807) is 37.3 Å². The molecule has 25 heavy (non-hydrogen) atoms. The lowest BCUT2D eigenvalue weighted by Crippen LogP contribution is -2.40. The number of para-hydroxylation sites is 1. The highest BCUT2D eigenvalue weighted by Crippen LogP contribution is 2.29. The molecule has 1 aromatic heterocycles. The number of benzene rings is 1. The number of rotatable bonds is 6. The third kappa shape index (κ3) is 5.08. The van der Waals surface area contributed by atoms with Crippen molar-refractivity contribution in [2.24, 2.45) is 0 Å². The van der Waals surface area contributed by atoms with E-state index in [2.05, 4.69) is 5.32 Å². The molecule has 8 heteroatoms. The number of carbonyl (C=O) groups excluding carboxylic acids is 2. The number of carbonyl (C=O) groups is 2. The molecule has 0 radical (unpaired) electrons. The van der Waals surface area contributed by atoms with Gasteiger partial charge in [-0.25, -0.2) is 0 Å². The fourth-order valence-electron chi connectivity index (χ4n) is 2.18. The van der Waals surface area contributed by atoms with Gasteiger partial charge in [0.05, 0.1) is 22.3 Å². The SMILES string of the molecule is CCN(CC(=O)Nc1c(Cl)cccc1Cl)C(=O)Cn1ccccc1=O. The van der Waals surface area contributed by atoms with E-state index in [9.17, 15) is 14.4 Å². The van der Waals surface area contributed by atoms with E-state index in [0.717, 1.165) is 0 Å². The van der Waals surface area contributed by atoms with Crippen LogP contribution in [0, 0.1) is 0 Å². The Kier molecular flexibility index (Phi) is 6.61. The number of anilines is 1. The van der Waals surface area contributed by atoms with Crippen molar-refractivity contribution in [3.05, 3.63) is 63.0 Å². The largest absolute Gasteiger partial charge is 0.332 e. The zero-order chi connectivity index (χ0) is 18.4. The standard InChI is InChI=1S/C17H17Cl2N3O3/c1-2-21(16(25)11-22-9-4-3-8-15(22)24)10-14(23)20-17-12(18)6-5-7-13(17)19/h3-9H,2,10-11H2,1H3,(H,20,23). The van der Waals surface area contributed by atoms with Crippen molar-refractivity contribution in [3.63, 3.8) is 0 Å². The number of nitrogens with one attached hydrogen (secondary N) is 1. The van der Waals surface area contributed by atoms with E-state index in [1.807, 2.05) is 0 Å². The van der Waals surface area contributed by atoms with Gasteiger partial charge < -0.3 is 14.8 Å². The molecule has 0 bridgehead atoms. The van der Waals surface area contributed by atoms with Gasteiger partial charge in [0.2, 0.25) is 11.8 Å². The zero-order valence-electron chi connectivity index (χ0n) is 13.5. The number of aromatic nitrogens is 1. The first-order chi connectivity index (χ1) is 11.9. The maximum atomic E-state index is 12.4. The number of halogens is 2. The molecule has 0 fully saturated rings. The number of nitrogens with zero attached hydrogens (tertiary/aromatic N) is 2. The van der Waals surface area contributed by atoms with Crippen LogP contribution in [0.2, 0.25) is 10.0 Å². The van der Waals surface area contributed by atoms with Gasteiger partial charge in [-0.1, -0.05) is 35.3 Å². The van der Waals surface area contributed by atoms with Crippen LogP contribution in [0.1, 0.15) is 6.92 Å². The minimum absolute atomic E-state index is 0.131. The number of likely N-dealkylation sites (N-methyl/N-ethyl adjacent to an activating group) is 1. The van der Waals surface area contributed by atoms with Crippen LogP contribution in [0.3, 0.4) is 0 Å².